The average Bonchev–Trinajstić information content (AvgIpc) is 3.21. The van der Waals surface area contributed by atoms with Crippen LogP contribution in [-0.4, -0.2) is 81.9 Å². The molecule has 2 aliphatic rings. The number of piperidine rings is 1. The predicted molar refractivity (Wildman–Crippen MR) is 113 cm³/mol. The molecule has 176 valence electrons. The molecular weight excluding hydrogens is 449 g/mol. The second-order valence-corrected chi connectivity index (χ2v) is 8.73. The van der Waals surface area contributed by atoms with E-state index in [-0.39, 0.29) is 31.2 Å². The van der Waals surface area contributed by atoms with Crippen LogP contribution in [0.4, 0.5) is 25.1 Å². The lowest BCUT2D eigenvalue weighted by Gasteiger charge is -2.47. The average molecular weight is 475 g/mol. The fourth-order valence-electron chi connectivity index (χ4n) is 4.48. The molecule has 0 spiro atoms. The van der Waals surface area contributed by atoms with Crippen LogP contribution in [0, 0.1) is 0 Å². The van der Waals surface area contributed by atoms with Gasteiger partial charge in [0.05, 0.1) is 6.61 Å². The van der Waals surface area contributed by atoms with Crippen molar-refractivity contribution in [3.63, 3.8) is 0 Å². The second-order valence-electron chi connectivity index (χ2n) is 8.29. The van der Waals surface area contributed by atoms with E-state index < -0.39 is 18.4 Å². The van der Waals surface area contributed by atoms with Crippen molar-refractivity contribution >= 4 is 23.5 Å². The van der Waals surface area contributed by atoms with Crippen molar-refractivity contribution in [3.05, 3.63) is 34.9 Å². The molecule has 0 amide bonds. The number of nitrogens with zero attached hydrogens (tertiary/aromatic N) is 4. The maximum absolute atomic E-state index is 13.1. The summed E-state index contributed by atoms with van der Waals surface area (Å²) in [4.78, 5) is 7.00. The number of H-pyrrole nitrogens is 1. The van der Waals surface area contributed by atoms with E-state index in [2.05, 4.69) is 20.1 Å². The third kappa shape index (κ3) is 5.28. The molecule has 2 aromatic rings. The highest BCUT2D eigenvalue weighted by Gasteiger charge is 2.48. The number of nitrogen functional groups attached to an aromatic ring is 1. The van der Waals surface area contributed by atoms with Crippen molar-refractivity contribution < 1.29 is 23.0 Å². The minimum absolute atomic E-state index is 0.0128. The molecule has 0 saturated carbocycles. The van der Waals surface area contributed by atoms with Gasteiger partial charge in [-0.05, 0) is 37.0 Å². The molecule has 4 N–H and O–H groups in total. The summed E-state index contributed by atoms with van der Waals surface area (Å²) in [6.07, 6.45) is -6.49. The highest BCUT2D eigenvalue weighted by molar-refractivity contribution is 6.30. The number of aromatic nitrogens is 3. The Morgan fingerprint density at radius 1 is 1.22 bits per heavy atom. The van der Waals surface area contributed by atoms with E-state index in [1.54, 1.807) is 12.1 Å². The Kier molecular flexibility index (Phi) is 6.80. The smallest absolute Gasteiger partial charge is 0.381 e. The molecule has 3 heterocycles. The number of alkyl halides is 3. The zero-order chi connectivity index (χ0) is 22.9. The summed E-state index contributed by atoms with van der Waals surface area (Å²) < 4.78 is 44.9. The molecule has 1 aromatic heterocycles. The first-order valence-corrected chi connectivity index (χ1v) is 10.9. The predicted octanol–water partition coefficient (Wildman–Crippen LogP) is 2.24. The van der Waals surface area contributed by atoms with Gasteiger partial charge in [-0.15, -0.1) is 10.2 Å². The van der Waals surface area contributed by atoms with E-state index in [1.165, 1.54) is 0 Å². The number of hydrogen-bond donors (Lipinski definition) is 3. The first kappa shape index (κ1) is 23.1. The molecule has 0 radical (unpaired) electrons. The summed E-state index contributed by atoms with van der Waals surface area (Å²) in [5, 5.41) is 18.2. The summed E-state index contributed by atoms with van der Waals surface area (Å²) in [5.41, 5.74) is 6.63. The molecule has 4 rings (SSSR count). The first-order chi connectivity index (χ1) is 15.2. The van der Waals surface area contributed by atoms with E-state index in [4.69, 9.17) is 22.1 Å². The van der Waals surface area contributed by atoms with Crippen molar-refractivity contribution in [2.75, 3.05) is 36.9 Å². The Bertz CT molecular complexity index is 888. The number of aromatic amines is 1. The summed E-state index contributed by atoms with van der Waals surface area (Å²) >= 11 is 5.97. The van der Waals surface area contributed by atoms with Crippen LogP contribution in [0.2, 0.25) is 5.02 Å². The minimum Gasteiger partial charge on any atom is -0.381 e. The van der Waals surface area contributed by atoms with Gasteiger partial charge in [0, 0.05) is 36.7 Å². The summed E-state index contributed by atoms with van der Waals surface area (Å²) in [5.74, 6) is 0.827. The third-order valence-electron chi connectivity index (χ3n) is 6.16. The zero-order valence-electron chi connectivity index (χ0n) is 17.3. The number of hydrogen-bond acceptors (Lipinski definition) is 7. The molecule has 2 saturated heterocycles. The van der Waals surface area contributed by atoms with Crippen molar-refractivity contribution in [2.45, 2.75) is 49.7 Å². The van der Waals surface area contributed by atoms with Gasteiger partial charge in [0.25, 0.3) is 0 Å². The molecule has 0 aliphatic carbocycles. The van der Waals surface area contributed by atoms with Crippen LogP contribution in [0.1, 0.15) is 18.4 Å². The standard InChI is InChI=1S/C20H26ClF3N6O2/c21-13-3-1-12(2-4-13)9-15-11-32-16(17(31)20(22,23)24)10-30(15)14-5-7-29(8-6-14)19-26-18(25)27-28-19/h1-4,14-17,31H,5-11H2,(H3,25,26,27,28)/t15-,16+,17+/m0/s1. The molecule has 8 nitrogen and oxygen atoms in total. The van der Waals surface area contributed by atoms with Gasteiger partial charge in [-0.25, -0.2) is 0 Å². The number of halogens is 4. The largest absolute Gasteiger partial charge is 0.416 e. The Hall–Kier alpha value is -2.08. The van der Waals surface area contributed by atoms with Gasteiger partial charge in [-0.2, -0.15) is 13.2 Å². The van der Waals surface area contributed by atoms with Crippen molar-refractivity contribution in [1.29, 1.82) is 0 Å². The number of nitrogens with one attached hydrogen (secondary N) is 1. The molecule has 2 aliphatic heterocycles. The lowest BCUT2D eigenvalue weighted by Crippen LogP contribution is -2.60. The fourth-order valence-corrected chi connectivity index (χ4v) is 4.60. The van der Waals surface area contributed by atoms with E-state index in [0.29, 0.717) is 30.5 Å². The van der Waals surface area contributed by atoms with Gasteiger partial charge in [0.2, 0.25) is 11.9 Å². The second kappa shape index (κ2) is 9.42. The summed E-state index contributed by atoms with van der Waals surface area (Å²) in [7, 11) is 0. The maximum atomic E-state index is 13.1. The van der Waals surface area contributed by atoms with Gasteiger partial charge in [0.1, 0.15) is 6.10 Å². The number of nitrogens with two attached hydrogens (primary N) is 1. The zero-order valence-corrected chi connectivity index (χ0v) is 18.1. The highest BCUT2D eigenvalue weighted by atomic mass is 35.5. The molecular formula is C20H26ClF3N6O2. The lowest BCUT2D eigenvalue weighted by molar-refractivity contribution is -0.250. The number of ether oxygens (including phenoxy) is 1. The molecule has 3 atom stereocenters. The molecule has 32 heavy (non-hydrogen) atoms. The van der Waals surface area contributed by atoms with Gasteiger partial charge in [0.15, 0.2) is 6.10 Å². The topological polar surface area (TPSA) is 104 Å². The monoisotopic (exact) mass is 474 g/mol. The molecule has 0 unspecified atom stereocenters. The van der Waals surface area contributed by atoms with E-state index in [9.17, 15) is 18.3 Å². The number of aliphatic hydroxyl groups is 1. The van der Waals surface area contributed by atoms with Crippen LogP contribution in [0.3, 0.4) is 0 Å². The maximum Gasteiger partial charge on any atom is 0.416 e. The van der Waals surface area contributed by atoms with Crippen LogP contribution in [0.5, 0.6) is 0 Å². The normalized spacial score (nSPS) is 24.6. The van der Waals surface area contributed by atoms with Crippen molar-refractivity contribution in [1.82, 2.24) is 20.1 Å². The highest BCUT2D eigenvalue weighted by Crippen LogP contribution is 2.31. The Labute approximate surface area is 188 Å². The summed E-state index contributed by atoms with van der Waals surface area (Å²) in [6.45, 7) is 1.45. The third-order valence-corrected chi connectivity index (χ3v) is 6.41. The SMILES string of the molecule is Nc1nnc(N2CCC(N3C[C@H]([C@@H](O)C(F)(F)F)OC[C@@H]3Cc3ccc(Cl)cc3)CC2)[nH]1. The number of aliphatic hydroxyl groups excluding tert-OH is 1. The molecule has 12 heteroatoms. The van der Waals surface area contributed by atoms with E-state index in [0.717, 1.165) is 18.4 Å². The Balaban J connectivity index is 1.47. The van der Waals surface area contributed by atoms with Gasteiger partial charge < -0.3 is 20.5 Å². The van der Waals surface area contributed by atoms with Gasteiger partial charge >= 0.3 is 6.18 Å². The van der Waals surface area contributed by atoms with Crippen molar-refractivity contribution in [2.24, 2.45) is 0 Å². The number of morpholine rings is 1. The van der Waals surface area contributed by atoms with Gasteiger partial charge in [-0.3, -0.25) is 9.88 Å². The van der Waals surface area contributed by atoms with Gasteiger partial charge in [-0.1, -0.05) is 23.7 Å². The lowest BCUT2D eigenvalue weighted by atomic mass is 9.95. The van der Waals surface area contributed by atoms with E-state index >= 15 is 0 Å². The number of benzene rings is 1. The number of rotatable bonds is 5. The molecule has 1 aromatic carbocycles. The van der Waals surface area contributed by atoms with Crippen molar-refractivity contribution in [3.8, 4) is 0 Å². The Morgan fingerprint density at radius 3 is 2.50 bits per heavy atom. The molecule has 2 fully saturated rings. The molecule has 0 bridgehead atoms. The van der Waals surface area contributed by atoms with Crippen LogP contribution in [0.15, 0.2) is 24.3 Å². The quantitative estimate of drug-likeness (QED) is 0.610. The van der Waals surface area contributed by atoms with Crippen LogP contribution in [0.25, 0.3) is 0 Å². The number of anilines is 2. The Morgan fingerprint density at radius 2 is 1.91 bits per heavy atom. The van der Waals surface area contributed by atoms with Crippen LogP contribution < -0.4 is 10.6 Å². The summed E-state index contributed by atoms with van der Waals surface area (Å²) in [6, 6.07) is 7.36. The van der Waals surface area contributed by atoms with Crippen LogP contribution >= 0.6 is 11.6 Å². The minimum atomic E-state index is -4.73. The fraction of sp³-hybridized carbons (Fsp3) is 0.600. The van der Waals surface area contributed by atoms with E-state index in [1.807, 2.05) is 17.0 Å². The van der Waals surface area contributed by atoms with Crippen LogP contribution in [-0.2, 0) is 11.2 Å². The first-order valence-electron chi connectivity index (χ1n) is 10.5.